The van der Waals surface area contributed by atoms with Crippen LogP contribution in [0.25, 0.3) is 116 Å². The van der Waals surface area contributed by atoms with Crippen molar-refractivity contribution in [2.24, 2.45) is 0 Å². The first-order valence-electron chi connectivity index (χ1n) is 18.8. The van der Waals surface area contributed by atoms with Crippen molar-refractivity contribution < 1.29 is 4.42 Å². The van der Waals surface area contributed by atoms with E-state index in [0.29, 0.717) is 17.6 Å². The Balaban J connectivity index is 1.17. The second-order valence-electron chi connectivity index (χ2n) is 14.4. The van der Waals surface area contributed by atoms with E-state index in [1.807, 2.05) is 12.1 Å². The molecule has 3 aromatic heterocycles. The van der Waals surface area contributed by atoms with Crippen molar-refractivity contribution in [2.45, 2.75) is 0 Å². The van der Waals surface area contributed by atoms with Crippen LogP contribution in [0.4, 0.5) is 0 Å². The third-order valence-electron chi connectivity index (χ3n) is 11.2. The first-order chi connectivity index (χ1) is 27.7. The standard InChI is InChI=1S/C51H30N4O/c1-2-13-32-26-36(25-24-31(32)12-1)33-17-11-18-38(27-33)49-52-50(43-29-37-16-5-6-19-39(37)48-47(43)41-21-8-10-23-46(41)56-48)54-51(53-49)55-44-22-9-7-20-40(44)42-28-34-14-3-4-15-35(34)30-45(42)55/h1-30H. The van der Waals surface area contributed by atoms with E-state index < -0.39 is 0 Å². The van der Waals surface area contributed by atoms with Crippen LogP contribution in [-0.2, 0) is 0 Å². The molecule has 5 nitrogen and oxygen atoms in total. The lowest BCUT2D eigenvalue weighted by molar-refractivity contribution is 0.672. The van der Waals surface area contributed by atoms with Crippen LogP contribution in [0.5, 0.6) is 0 Å². The summed E-state index contributed by atoms with van der Waals surface area (Å²) in [5.74, 6) is 1.72. The first-order valence-corrected chi connectivity index (χ1v) is 18.8. The molecule has 0 aliphatic rings. The maximum absolute atomic E-state index is 6.62. The zero-order valence-corrected chi connectivity index (χ0v) is 30.0. The lowest BCUT2D eigenvalue weighted by Gasteiger charge is -2.13. The van der Waals surface area contributed by atoms with Gasteiger partial charge in [0, 0.05) is 38.1 Å². The molecular formula is C51H30N4O. The smallest absolute Gasteiger partial charge is 0.238 e. The van der Waals surface area contributed by atoms with E-state index in [9.17, 15) is 0 Å². The van der Waals surface area contributed by atoms with E-state index in [-0.39, 0.29) is 0 Å². The molecule has 260 valence electrons. The van der Waals surface area contributed by atoms with Gasteiger partial charge in [0.1, 0.15) is 11.2 Å². The number of furan rings is 1. The van der Waals surface area contributed by atoms with E-state index in [1.165, 1.54) is 16.2 Å². The van der Waals surface area contributed by atoms with Crippen LogP contribution < -0.4 is 0 Å². The number of hydrogen-bond acceptors (Lipinski definition) is 4. The normalized spacial score (nSPS) is 11.9. The molecule has 0 radical (unpaired) electrons. The van der Waals surface area contributed by atoms with Crippen molar-refractivity contribution >= 4 is 76.1 Å². The fraction of sp³-hybridized carbons (Fsp3) is 0. The van der Waals surface area contributed by atoms with Crippen molar-refractivity contribution in [3.8, 4) is 39.9 Å². The minimum Gasteiger partial charge on any atom is -0.455 e. The van der Waals surface area contributed by atoms with Crippen molar-refractivity contribution in [2.75, 3.05) is 0 Å². The number of aromatic nitrogens is 4. The number of rotatable bonds is 4. The predicted molar refractivity (Wildman–Crippen MR) is 230 cm³/mol. The highest BCUT2D eigenvalue weighted by molar-refractivity contribution is 6.21. The molecule has 0 fully saturated rings. The van der Waals surface area contributed by atoms with E-state index in [1.54, 1.807) is 0 Å². The van der Waals surface area contributed by atoms with Gasteiger partial charge in [0.2, 0.25) is 5.95 Å². The Bertz CT molecular complexity index is 3560. The van der Waals surface area contributed by atoms with E-state index >= 15 is 0 Å². The number of para-hydroxylation sites is 2. The van der Waals surface area contributed by atoms with E-state index in [4.69, 9.17) is 19.4 Å². The highest BCUT2D eigenvalue weighted by Gasteiger charge is 2.22. The molecule has 9 aromatic carbocycles. The highest BCUT2D eigenvalue weighted by Crippen LogP contribution is 2.41. The van der Waals surface area contributed by atoms with Gasteiger partial charge in [-0.05, 0) is 80.5 Å². The highest BCUT2D eigenvalue weighted by atomic mass is 16.3. The van der Waals surface area contributed by atoms with Gasteiger partial charge in [-0.1, -0.05) is 140 Å². The van der Waals surface area contributed by atoms with Gasteiger partial charge in [-0.25, -0.2) is 4.98 Å². The molecule has 0 unspecified atom stereocenters. The number of benzene rings is 9. The van der Waals surface area contributed by atoms with Crippen LogP contribution in [0.3, 0.4) is 0 Å². The van der Waals surface area contributed by atoms with Crippen molar-refractivity contribution in [1.29, 1.82) is 0 Å². The summed E-state index contributed by atoms with van der Waals surface area (Å²) in [6.07, 6.45) is 0. The van der Waals surface area contributed by atoms with Crippen molar-refractivity contribution in [3.05, 3.63) is 182 Å². The van der Waals surface area contributed by atoms with Crippen LogP contribution in [0.2, 0.25) is 0 Å². The zero-order chi connectivity index (χ0) is 36.7. The summed E-state index contributed by atoms with van der Waals surface area (Å²) in [5.41, 5.74) is 7.74. The molecule has 12 aromatic rings. The van der Waals surface area contributed by atoms with Crippen molar-refractivity contribution in [3.63, 3.8) is 0 Å². The lowest BCUT2D eigenvalue weighted by Crippen LogP contribution is -2.06. The molecule has 12 rings (SSSR count). The Labute approximate surface area is 320 Å². The Morgan fingerprint density at radius 1 is 0.375 bits per heavy atom. The van der Waals surface area contributed by atoms with Gasteiger partial charge in [-0.3, -0.25) is 4.57 Å². The molecule has 0 aliphatic heterocycles. The molecular weight excluding hydrogens is 685 g/mol. The monoisotopic (exact) mass is 714 g/mol. The summed E-state index contributed by atoms with van der Waals surface area (Å²) < 4.78 is 8.82. The van der Waals surface area contributed by atoms with Crippen LogP contribution in [0.1, 0.15) is 0 Å². The van der Waals surface area contributed by atoms with Gasteiger partial charge < -0.3 is 4.42 Å². The molecule has 0 spiro atoms. The summed E-state index contributed by atoms with van der Waals surface area (Å²) in [6.45, 7) is 0. The van der Waals surface area contributed by atoms with Crippen LogP contribution in [0, 0.1) is 0 Å². The van der Waals surface area contributed by atoms with Crippen LogP contribution in [0.15, 0.2) is 186 Å². The van der Waals surface area contributed by atoms with Crippen molar-refractivity contribution in [1.82, 2.24) is 19.5 Å². The van der Waals surface area contributed by atoms with Gasteiger partial charge in [0.05, 0.1) is 11.0 Å². The molecule has 0 bridgehead atoms. The Morgan fingerprint density at radius 2 is 1.02 bits per heavy atom. The second-order valence-corrected chi connectivity index (χ2v) is 14.4. The molecule has 3 heterocycles. The Morgan fingerprint density at radius 3 is 1.88 bits per heavy atom. The summed E-state index contributed by atoms with van der Waals surface area (Å²) in [6, 6.07) is 64.0. The maximum atomic E-state index is 6.62. The lowest BCUT2D eigenvalue weighted by atomic mass is 9.99. The number of fused-ring (bicyclic) bond motifs is 10. The van der Waals surface area contributed by atoms with E-state index in [0.717, 1.165) is 82.2 Å². The minimum absolute atomic E-state index is 0.552. The van der Waals surface area contributed by atoms with Gasteiger partial charge in [-0.15, -0.1) is 0 Å². The Kier molecular flexibility index (Phi) is 6.56. The summed E-state index contributed by atoms with van der Waals surface area (Å²) in [7, 11) is 0. The maximum Gasteiger partial charge on any atom is 0.238 e. The second kappa shape index (κ2) is 11.9. The molecule has 0 atom stereocenters. The third kappa shape index (κ3) is 4.71. The number of nitrogens with zero attached hydrogens (tertiary/aromatic N) is 4. The quantitative estimate of drug-likeness (QED) is 0.182. The largest absolute Gasteiger partial charge is 0.455 e. The zero-order valence-electron chi connectivity index (χ0n) is 30.0. The molecule has 56 heavy (non-hydrogen) atoms. The SMILES string of the molecule is c1cc(-c2ccc3ccccc3c2)cc(-c2nc(-c3cc4ccccc4c4oc5ccccc5c34)nc(-n3c4ccccc4c4cc5ccccc5cc43)n2)c1. The fourth-order valence-corrected chi connectivity index (χ4v) is 8.53. The molecule has 0 N–H and O–H groups in total. The summed E-state index contributed by atoms with van der Waals surface area (Å²) in [4.78, 5) is 16.1. The Hall–Kier alpha value is -7.63. The summed E-state index contributed by atoms with van der Waals surface area (Å²) in [5, 5.41) is 11.2. The van der Waals surface area contributed by atoms with Gasteiger partial charge in [0.15, 0.2) is 11.6 Å². The van der Waals surface area contributed by atoms with Crippen LogP contribution >= 0.6 is 0 Å². The molecule has 0 saturated heterocycles. The van der Waals surface area contributed by atoms with Crippen LogP contribution in [-0.4, -0.2) is 19.5 Å². The summed E-state index contributed by atoms with van der Waals surface area (Å²) >= 11 is 0. The third-order valence-corrected chi connectivity index (χ3v) is 11.2. The average Bonchev–Trinajstić information content (AvgIpc) is 3.81. The topological polar surface area (TPSA) is 56.7 Å². The number of hydrogen-bond donors (Lipinski definition) is 0. The molecule has 5 heteroatoms. The fourth-order valence-electron chi connectivity index (χ4n) is 8.53. The molecule has 0 saturated carbocycles. The first kappa shape index (κ1) is 30.8. The van der Waals surface area contributed by atoms with Gasteiger partial charge >= 0.3 is 0 Å². The molecule has 0 amide bonds. The average molecular weight is 715 g/mol. The molecule has 0 aliphatic carbocycles. The van der Waals surface area contributed by atoms with Gasteiger partial charge in [-0.2, -0.15) is 9.97 Å². The van der Waals surface area contributed by atoms with E-state index in [2.05, 4.69) is 174 Å². The van der Waals surface area contributed by atoms with Gasteiger partial charge in [0.25, 0.3) is 0 Å². The minimum atomic E-state index is 0.552. The predicted octanol–water partition coefficient (Wildman–Crippen LogP) is 13.3.